The van der Waals surface area contributed by atoms with Crippen molar-refractivity contribution in [2.45, 2.75) is 0 Å². The minimum Gasteiger partial charge on any atom is -0.490 e. The zero-order chi connectivity index (χ0) is 14.4. The standard InChI is InChI=1S/C11H9N3O5/c1-19-10-3-2-8(4-9(10)14(17)18)13-6-7(5-12)11(15)16/h2-4,6,13H,1H3,(H,15,16)/b7-6+. The van der Waals surface area contributed by atoms with Gasteiger partial charge >= 0.3 is 11.7 Å². The fraction of sp³-hybridized carbons (Fsp3) is 0.0909. The van der Waals surface area contributed by atoms with E-state index in [-0.39, 0.29) is 17.1 Å². The minimum atomic E-state index is -1.39. The number of nitrogens with zero attached hydrogens (tertiary/aromatic N) is 2. The molecule has 0 radical (unpaired) electrons. The van der Waals surface area contributed by atoms with E-state index in [2.05, 4.69) is 5.32 Å². The van der Waals surface area contributed by atoms with Crippen LogP contribution in [0.5, 0.6) is 5.75 Å². The zero-order valence-corrected chi connectivity index (χ0v) is 9.78. The molecule has 0 saturated heterocycles. The van der Waals surface area contributed by atoms with Crippen LogP contribution in [0.2, 0.25) is 0 Å². The van der Waals surface area contributed by atoms with Gasteiger partial charge in [0.2, 0.25) is 0 Å². The van der Waals surface area contributed by atoms with E-state index < -0.39 is 16.5 Å². The van der Waals surface area contributed by atoms with E-state index in [1.54, 1.807) is 0 Å². The van der Waals surface area contributed by atoms with Gasteiger partial charge in [0, 0.05) is 18.0 Å². The number of carbonyl (C=O) groups is 1. The number of nitriles is 1. The highest BCUT2D eigenvalue weighted by molar-refractivity contribution is 5.91. The Morgan fingerprint density at radius 2 is 2.32 bits per heavy atom. The number of nitro benzene ring substituents is 1. The van der Waals surface area contributed by atoms with Gasteiger partial charge in [0.15, 0.2) is 11.3 Å². The van der Waals surface area contributed by atoms with E-state index >= 15 is 0 Å². The molecular formula is C11H9N3O5. The Bertz CT molecular complexity index is 588. The molecule has 0 fully saturated rings. The Kier molecular flexibility index (Phi) is 4.43. The molecule has 8 heteroatoms. The van der Waals surface area contributed by atoms with Crippen LogP contribution < -0.4 is 10.1 Å². The van der Waals surface area contributed by atoms with Crippen LogP contribution in [0.1, 0.15) is 0 Å². The van der Waals surface area contributed by atoms with Gasteiger partial charge in [-0.3, -0.25) is 10.1 Å². The van der Waals surface area contributed by atoms with Gasteiger partial charge in [-0.2, -0.15) is 5.26 Å². The molecule has 0 bridgehead atoms. The topological polar surface area (TPSA) is 125 Å². The van der Waals surface area contributed by atoms with E-state index in [1.165, 1.54) is 31.4 Å². The zero-order valence-electron chi connectivity index (χ0n) is 9.78. The molecule has 0 aliphatic rings. The number of nitro groups is 1. The molecule has 98 valence electrons. The van der Waals surface area contributed by atoms with E-state index in [9.17, 15) is 14.9 Å². The Labute approximate surface area is 107 Å². The molecule has 0 aliphatic heterocycles. The largest absolute Gasteiger partial charge is 0.490 e. The summed E-state index contributed by atoms with van der Waals surface area (Å²) in [5.41, 5.74) is -0.519. The highest BCUT2D eigenvalue weighted by Gasteiger charge is 2.15. The number of nitrogens with one attached hydrogen (secondary N) is 1. The van der Waals surface area contributed by atoms with Gasteiger partial charge in [-0.15, -0.1) is 0 Å². The maximum Gasteiger partial charge on any atom is 0.347 e. The Morgan fingerprint density at radius 3 is 2.79 bits per heavy atom. The smallest absolute Gasteiger partial charge is 0.347 e. The van der Waals surface area contributed by atoms with Crippen molar-refractivity contribution in [2.75, 3.05) is 12.4 Å². The second-order valence-corrected chi connectivity index (χ2v) is 3.26. The number of benzene rings is 1. The van der Waals surface area contributed by atoms with Crippen LogP contribution in [0, 0.1) is 21.4 Å². The van der Waals surface area contributed by atoms with Gasteiger partial charge < -0.3 is 15.2 Å². The van der Waals surface area contributed by atoms with Gasteiger partial charge in [0.05, 0.1) is 12.0 Å². The molecule has 0 saturated carbocycles. The third-order valence-electron chi connectivity index (χ3n) is 2.11. The lowest BCUT2D eigenvalue weighted by Crippen LogP contribution is -2.01. The lowest BCUT2D eigenvalue weighted by Gasteiger charge is -2.04. The number of methoxy groups -OCH3 is 1. The maximum absolute atomic E-state index is 10.8. The molecule has 1 aromatic carbocycles. The van der Waals surface area contributed by atoms with Crippen molar-refractivity contribution < 1.29 is 19.6 Å². The molecule has 0 unspecified atom stereocenters. The summed E-state index contributed by atoms with van der Waals surface area (Å²) < 4.78 is 4.82. The summed E-state index contributed by atoms with van der Waals surface area (Å²) in [7, 11) is 1.30. The normalized spacial score (nSPS) is 10.4. The Morgan fingerprint density at radius 1 is 1.63 bits per heavy atom. The molecule has 0 spiro atoms. The molecular weight excluding hydrogens is 254 g/mol. The fourth-order valence-corrected chi connectivity index (χ4v) is 1.22. The van der Waals surface area contributed by atoms with Crippen LogP contribution in [0.4, 0.5) is 11.4 Å². The summed E-state index contributed by atoms with van der Waals surface area (Å²) in [5, 5.41) is 30.4. The van der Waals surface area contributed by atoms with Crippen LogP contribution in [0.15, 0.2) is 30.0 Å². The highest BCUT2D eigenvalue weighted by atomic mass is 16.6. The van der Waals surface area contributed by atoms with Crippen LogP contribution in [-0.4, -0.2) is 23.1 Å². The summed E-state index contributed by atoms with van der Waals surface area (Å²) in [6.07, 6.45) is 0.952. The Balaban J connectivity index is 3.05. The first-order valence-corrected chi connectivity index (χ1v) is 4.92. The lowest BCUT2D eigenvalue weighted by molar-refractivity contribution is -0.385. The van der Waals surface area contributed by atoms with Gasteiger partial charge in [-0.1, -0.05) is 0 Å². The predicted molar refractivity (Wildman–Crippen MR) is 64.6 cm³/mol. The summed E-state index contributed by atoms with van der Waals surface area (Å²) in [6, 6.07) is 5.46. The monoisotopic (exact) mass is 263 g/mol. The summed E-state index contributed by atoms with van der Waals surface area (Å²) in [5.74, 6) is -1.31. The summed E-state index contributed by atoms with van der Waals surface area (Å²) >= 11 is 0. The number of ether oxygens (including phenoxy) is 1. The molecule has 0 amide bonds. The van der Waals surface area contributed by atoms with Crippen LogP contribution in [0.3, 0.4) is 0 Å². The summed E-state index contributed by atoms with van der Waals surface area (Å²) in [6.45, 7) is 0. The predicted octanol–water partition coefficient (Wildman–Crippen LogP) is 1.51. The summed E-state index contributed by atoms with van der Waals surface area (Å²) in [4.78, 5) is 20.7. The lowest BCUT2D eigenvalue weighted by atomic mass is 10.2. The molecule has 0 atom stereocenters. The van der Waals surface area contributed by atoms with Crippen LogP contribution in [0.25, 0.3) is 0 Å². The molecule has 2 N–H and O–H groups in total. The first-order valence-electron chi connectivity index (χ1n) is 4.92. The minimum absolute atomic E-state index is 0.0817. The molecule has 0 aliphatic carbocycles. The average Bonchev–Trinajstić information content (AvgIpc) is 2.38. The first kappa shape index (κ1) is 14.0. The quantitative estimate of drug-likeness (QED) is 0.357. The molecule has 0 aromatic heterocycles. The van der Waals surface area contributed by atoms with Crippen molar-refractivity contribution >= 4 is 17.3 Å². The number of aliphatic carboxylic acids is 1. The van der Waals surface area contributed by atoms with Gasteiger partial charge in [-0.05, 0) is 12.1 Å². The van der Waals surface area contributed by atoms with Gasteiger partial charge in [0.1, 0.15) is 6.07 Å². The molecule has 1 rings (SSSR count). The average molecular weight is 263 g/mol. The van der Waals surface area contributed by atoms with Crippen molar-refractivity contribution in [3.63, 3.8) is 0 Å². The molecule has 19 heavy (non-hydrogen) atoms. The van der Waals surface area contributed by atoms with E-state index in [0.717, 1.165) is 6.20 Å². The number of hydrogen-bond acceptors (Lipinski definition) is 6. The van der Waals surface area contributed by atoms with Crippen LogP contribution >= 0.6 is 0 Å². The van der Waals surface area contributed by atoms with Crippen molar-refractivity contribution in [3.05, 3.63) is 40.1 Å². The fourth-order valence-electron chi connectivity index (χ4n) is 1.22. The van der Waals surface area contributed by atoms with E-state index in [0.29, 0.717) is 0 Å². The van der Waals surface area contributed by atoms with Gasteiger partial charge in [-0.25, -0.2) is 4.79 Å². The number of hydrogen-bond donors (Lipinski definition) is 2. The second-order valence-electron chi connectivity index (χ2n) is 3.26. The molecule has 1 aromatic rings. The van der Waals surface area contributed by atoms with Crippen LogP contribution in [-0.2, 0) is 4.79 Å². The third-order valence-corrected chi connectivity index (χ3v) is 2.11. The Hall–Kier alpha value is -3.08. The number of anilines is 1. The maximum atomic E-state index is 10.8. The third kappa shape index (κ3) is 3.44. The van der Waals surface area contributed by atoms with E-state index in [1.807, 2.05) is 0 Å². The van der Waals surface area contributed by atoms with Crippen molar-refractivity contribution in [3.8, 4) is 11.8 Å². The number of carboxylic acids is 1. The first-order chi connectivity index (χ1) is 8.99. The molecule has 0 heterocycles. The van der Waals surface area contributed by atoms with E-state index in [4.69, 9.17) is 15.1 Å². The second kappa shape index (κ2) is 6.02. The van der Waals surface area contributed by atoms with Gasteiger partial charge in [0.25, 0.3) is 0 Å². The highest BCUT2D eigenvalue weighted by Crippen LogP contribution is 2.29. The van der Waals surface area contributed by atoms with Crippen molar-refractivity contribution in [1.29, 1.82) is 5.26 Å². The molecule has 8 nitrogen and oxygen atoms in total. The van der Waals surface area contributed by atoms with Crippen molar-refractivity contribution in [2.24, 2.45) is 0 Å². The SMILES string of the molecule is COc1ccc(N/C=C(\C#N)C(=O)O)cc1[N+](=O)[O-]. The number of rotatable bonds is 5. The van der Waals surface area contributed by atoms with Crippen molar-refractivity contribution in [1.82, 2.24) is 0 Å². The number of carboxylic acid groups (broad SMARTS) is 1.